The summed E-state index contributed by atoms with van der Waals surface area (Å²) in [4.78, 5) is 10.8. The zero-order valence-electron chi connectivity index (χ0n) is 6.21. The number of hydrogen-bond donors (Lipinski definition) is 0. The van der Waals surface area contributed by atoms with Gasteiger partial charge in [0.15, 0.2) is 0 Å². The van der Waals surface area contributed by atoms with Crippen molar-refractivity contribution in [1.29, 1.82) is 0 Å². The summed E-state index contributed by atoms with van der Waals surface area (Å²) in [6.07, 6.45) is 2.34. The zero-order valence-corrected chi connectivity index (χ0v) is 6.96. The minimum atomic E-state index is 0.0295. The molecule has 1 radical (unpaired) electrons. The van der Waals surface area contributed by atoms with Gasteiger partial charge in [-0.1, -0.05) is 0 Å². The number of rotatable bonds is 2. The van der Waals surface area contributed by atoms with Crippen molar-refractivity contribution in [3.8, 4) is 6.01 Å². The van der Waals surface area contributed by atoms with Crippen LogP contribution in [-0.2, 0) is 0 Å². The molecule has 1 heterocycles. The van der Waals surface area contributed by atoms with Gasteiger partial charge in [-0.05, 0) is 25.4 Å². The average molecular weight is 173 g/mol. The molecule has 5 heteroatoms. The van der Waals surface area contributed by atoms with Gasteiger partial charge in [-0.25, -0.2) is 0 Å². The second-order valence-electron chi connectivity index (χ2n) is 2.15. The molecule has 59 valence electrons. The lowest BCUT2D eigenvalue weighted by Gasteiger charge is -2.05. The Kier molecular flexibility index (Phi) is 2.59. The van der Waals surface area contributed by atoms with Crippen LogP contribution in [0.15, 0.2) is 0 Å². The van der Waals surface area contributed by atoms with Crippen molar-refractivity contribution in [1.82, 2.24) is 15.0 Å². The Morgan fingerprint density at radius 2 is 2.18 bits per heavy atom. The summed E-state index contributed by atoms with van der Waals surface area (Å²) in [5.41, 5.74) is 0. The molecule has 0 aromatic carbocycles. The highest BCUT2D eigenvalue weighted by Gasteiger charge is 2.01. The van der Waals surface area contributed by atoms with Crippen LogP contribution in [0.2, 0.25) is 5.28 Å². The Morgan fingerprint density at radius 3 is 2.73 bits per heavy atom. The molecule has 1 rings (SSSR count). The number of aromatic nitrogens is 3. The van der Waals surface area contributed by atoms with Gasteiger partial charge in [-0.2, -0.15) is 15.0 Å². The van der Waals surface area contributed by atoms with E-state index in [2.05, 4.69) is 21.3 Å². The lowest BCUT2D eigenvalue weighted by molar-refractivity contribution is 0.221. The van der Waals surface area contributed by atoms with E-state index < -0.39 is 0 Å². The first-order valence-electron chi connectivity index (χ1n) is 3.13. The number of hydrogen-bond acceptors (Lipinski definition) is 4. The fraction of sp³-hybridized carbons (Fsp3) is 0.500. The average Bonchev–Trinajstić information content (AvgIpc) is 1.85. The van der Waals surface area contributed by atoms with Crippen molar-refractivity contribution in [2.45, 2.75) is 20.0 Å². The van der Waals surface area contributed by atoms with Crippen LogP contribution in [0.25, 0.3) is 0 Å². The van der Waals surface area contributed by atoms with E-state index in [9.17, 15) is 0 Å². The van der Waals surface area contributed by atoms with E-state index in [0.29, 0.717) is 0 Å². The van der Waals surface area contributed by atoms with E-state index in [1.165, 1.54) is 0 Å². The molecule has 0 unspecified atom stereocenters. The summed E-state index contributed by atoms with van der Waals surface area (Å²) in [7, 11) is 0. The quantitative estimate of drug-likeness (QED) is 0.671. The van der Waals surface area contributed by atoms with E-state index in [1.54, 1.807) is 0 Å². The molecular weight excluding hydrogens is 166 g/mol. The molecule has 0 fully saturated rings. The highest BCUT2D eigenvalue weighted by molar-refractivity contribution is 6.28. The Morgan fingerprint density at radius 1 is 1.45 bits per heavy atom. The summed E-state index contributed by atoms with van der Waals surface area (Å²) in [5.74, 6) is 0. The summed E-state index contributed by atoms with van der Waals surface area (Å²) >= 11 is 5.45. The zero-order chi connectivity index (χ0) is 8.27. The molecule has 11 heavy (non-hydrogen) atoms. The molecule has 1 aromatic heterocycles. The number of halogens is 1. The molecule has 0 atom stereocenters. The normalized spacial score (nSPS) is 10.2. The van der Waals surface area contributed by atoms with E-state index in [4.69, 9.17) is 16.3 Å². The Labute approximate surface area is 69.6 Å². The van der Waals surface area contributed by atoms with Crippen molar-refractivity contribution in [2.24, 2.45) is 0 Å². The van der Waals surface area contributed by atoms with Crippen LogP contribution in [0.4, 0.5) is 0 Å². The largest absolute Gasteiger partial charge is 0.461 e. The van der Waals surface area contributed by atoms with Gasteiger partial charge >= 0.3 is 6.01 Å². The van der Waals surface area contributed by atoms with E-state index in [-0.39, 0.29) is 17.4 Å². The number of nitrogens with zero attached hydrogens (tertiary/aromatic N) is 3. The lowest BCUT2D eigenvalue weighted by Crippen LogP contribution is -2.08. The molecule has 0 aliphatic rings. The van der Waals surface area contributed by atoms with Crippen molar-refractivity contribution >= 4 is 11.6 Å². The van der Waals surface area contributed by atoms with E-state index in [1.807, 2.05) is 13.8 Å². The van der Waals surface area contributed by atoms with Gasteiger partial charge in [0, 0.05) is 0 Å². The van der Waals surface area contributed by atoms with Crippen molar-refractivity contribution in [2.75, 3.05) is 0 Å². The van der Waals surface area contributed by atoms with Crippen LogP contribution >= 0.6 is 11.6 Å². The van der Waals surface area contributed by atoms with E-state index >= 15 is 0 Å². The predicted molar refractivity (Wildman–Crippen MR) is 39.4 cm³/mol. The maximum absolute atomic E-state index is 5.45. The highest BCUT2D eigenvalue weighted by Crippen LogP contribution is 2.05. The molecule has 0 aliphatic carbocycles. The minimum absolute atomic E-state index is 0.0295. The molecule has 0 spiro atoms. The van der Waals surface area contributed by atoms with Gasteiger partial charge in [-0.3, -0.25) is 0 Å². The lowest BCUT2D eigenvalue weighted by atomic mass is 10.5. The molecule has 0 saturated carbocycles. The standard InChI is InChI=1S/C6H7ClN3O/c1-4(2)11-6-9-3-8-5(7)10-6/h4H,1-2H3. The molecule has 0 aliphatic heterocycles. The Bertz CT molecular complexity index is 241. The number of ether oxygens (including phenoxy) is 1. The molecule has 4 nitrogen and oxygen atoms in total. The highest BCUT2D eigenvalue weighted by atomic mass is 35.5. The second-order valence-corrected chi connectivity index (χ2v) is 2.49. The maximum atomic E-state index is 5.45. The molecule has 0 N–H and O–H groups in total. The summed E-state index contributed by atoms with van der Waals surface area (Å²) in [5, 5.41) is 0.0932. The first kappa shape index (κ1) is 8.20. The topological polar surface area (TPSA) is 47.9 Å². The van der Waals surface area contributed by atoms with Crippen LogP contribution in [0.3, 0.4) is 0 Å². The monoisotopic (exact) mass is 172 g/mol. The van der Waals surface area contributed by atoms with Crippen molar-refractivity contribution < 1.29 is 4.74 Å². The maximum Gasteiger partial charge on any atom is 0.321 e. The Hall–Kier alpha value is -0.900. The van der Waals surface area contributed by atoms with Crippen LogP contribution in [0.5, 0.6) is 6.01 Å². The van der Waals surface area contributed by atoms with Crippen LogP contribution in [0.1, 0.15) is 13.8 Å². The summed E-state index contributed by atoms with van der Waals surface area (Å²) < 4.78 is 5.12. The Balaban J connectivity index is 2.71. The first-order valence-corrected chi connectivity index (χ1v) is 3.50. The molecular formula is C6H7ClN3O. The third-order valence-corrected chi connectivity index (χ3v) is 0.986. The first-order chi connectivity index (χ1) is 5.18. The summed E-state index contributed by atoms with van der Waals surface area (Å²) in [6, 6.07) is 0.208. The predicted octanol–water partition coefficient (Wildman–Crippen LogP) is 1.11. The molecule has 0 amide bonds. The third-order valence-electron chi connectivity index (χ3n) is 0.817. The molecule has 1 aromatic rings. The van der Waals surface area contributed by atoms with E-state index in [0.717, 1.165) is 0 Å². The van der Waals surface area contributed by atoms with Gasteiger partial charge in [0.05, 0.1) is 6.10 Å². The second kappa shape index (κ2) is 3.48. The van der Waals surface area contributed by atoms with Gasteiger partial charge in [0.2, 0.25) is 11.6 Å². The summed E-state index contributed by atoms with van der Waals surface area (Å²) in [6.45, 7) is 3.75. The van der Waals surface area contributed by atoms with Crippen LogP contribution in [-0.4, -0.2) is 21.1 Å². The van der Waals surface area contributed by atoms with Crippen molar-refractivity contribution in [3.05, 3.63) is 11.6 Å². The molecule has 0 bridgehead atoms. The van der Waals surface area contributed by atoms with Gasteiger partial charge in [0.1, 0.15) is 0 Å². The smallest absolute Gasteiger partial charge is 0.321 e. The van der Waals surface area contributed by atoms with Crippen LogP contribution in [0, 0.1) is 6.33 Å². The van der Waals surface area contributed by atoms with Gasteiger partial charge in [0.25, 0.3) is 0 Å². The third kappa shape index (κ3) is 2.67. The fourth-order valence-corrected chi connectivity index (χ4v) is 0.612. The molecule has 0 saturated heterocycles. The fourth-order valence-electron chi connectivity index (χ4n) is 0.501. The minimum Gasteiger partial charge on any atom is -0.461 e. The van der Waals surface area contributed by atoms with Crippen molar-refractivity contribution in [3.63, 3.8) is 0 Å². The van der Waals surface area contributed by atoms with Gasteiger partial charge in [-0.15, -0.1) is 0 Å². The van der Waals surface area contributed by atoms with Gasteiger partial charge < -0.3 is 4.74 Å². The SMILES string of the molecule is CC(C)Oc1n[c]nc(Cl)n1. The van der Waals surface area contributed by atoms with Crippen LogP contribution < -0.4 is 4.74 Å².